The molecule has 12 rings (SSSR count). The van der Waals surface area contributed by atoms with Gasteiger partial charge in [-0.25, -0.2) is 15.0 Å². The van der Waals surface area contributed by atoms with Crippen molar-refractivity contribution < 1.29 is 73.2 Å². The van der Waals surface area contributed by atoms with Crippen molar-refractivity contribution in [3.05, 3.63) is 202 Å². The topological polar surface area (TPSA) is 490 Å². The summed E-state index contributed by atoms with van der Waals surface area (Å²) in [4.78, 5) is 159. The molecule has 2 atom stereocenters. The van der Waals surface area contributed by atoms with Gasteiger partial charge in [0.25, 0.3) is 53.2 Å². The summed E-state index contributed by atoms with van der Waals surface area (Å²) >= 11 is 5.54. The summed E-state index contributed by atoms with van der Waals surface area (Å²) in [5.41, 5.74) is 7.77. The Morgan fingerprint density at radius 3 is 1.43 bits per heavy atom. The Morgan fingerprint density at radius 1 is 0.483 bits per heavy atom. The highest BCUT2D eigenvalue weighted by molar-refractivity contribution is 7.80. The molecular weight excluding hydrogens is 1520 g/mol. The highest BCUT2D eigenvalue weighted by atomic mass is 32.1. The molecule has 9 heterocycles. The number of hydrogen-bond acceptors (Lipinski definition) is 18. The summed E-state index contributed by atoms with van der Waals surface area (Å²) in [6.45, 7) is 2.44. The molecule has 1 aliphatic carbocycles. The summed E-state index contributed by atoms with van der Waals surface area (Å²) in [5.74, 6) is -6.13. The summed E-state index contributed by atoms with van der Waals surface area (Å²) in [6, 6.07) is 19.6. The predicted octanol–water partition coefficient (Wildman–Crippen LogP) is 1.79. The Morgan fingerprint density at radius 2 is 0.940 bits per heavy atom. The van der Waals surface area contributed by atoms with Gasteiger partial charge in [-0.3, -0.25) is 47.9 Å². The second-order valence-corrected chi connectivity index (χ2v) is 28.1. The number of carbonyl (C=O) groups is 10. The summed E-state index contributed by atoms with van der Waals surface area (Å²) in [7, 11) is 15.0. The first-order chi connectivity index (χ1) is 55.3. The number of aromatic nitrogens is 11. The average molecular weight is 1600 g/mol. The number of anilines is 8. The van der Waals surface area contributed by atoms with Crippen LogP contribution in [0.1, 0.15) is 114 Å². The molecule has 2 aliphatic rings. The normalized spacial score (nSPS) is 11.7. The Bertz CT molecular complexity index is 5920. The molecule has 2 aromatic carbocycles. The third kappa shape index (κ3) is 18.7. The van der Waals surface area contributed by atoms with E-state index in [2.05, 4.69) is 79.2 Å². The van der Waals surface area contributed by atoms with Gasteiger partial charge in [0.05, 0.1) is 54.5 Å². The maximum atomic E-state index is 13.7. The predicted molar refractivity (Wildman–Crippen MR) is 427 cm³/mol. The van der Waals surface area contributed by atoms with Crippen LogP contribution in [-0.4, -0.2) is 162 Å². The number of imidazole rings is 3. The maximum absolute atomic E-state index is 13.7. The fraction of sp³-hybridized carbons (Fsp3) is 0.234. The van der Waals surface area contributed by atoms with Crippen LogP contribution in [0.15, 0.2) is 150 Å². The molecule has 1 aliphatic heterocycles. The summed E-state index contributed by atoms with van der Waals surface area (Å²) in [6.07, 6.45) is 15.3. The van der Waals surface area contributed by atoms with Gasteiger partial charge >= 0.3 is 0 Å². The maximum Gasteiger partial charge on any atom is 0.292 e. The van der Waals surface area contributed by atoms with E-state index in [9.17, 15) is 63.0 Å². The Hall–Kier alpha value is -14.7. The number of carboxylic acids is 1. The first-order valence-corrected chi connectivity index (χ1v) is 36.6. The largest absolute Gasteiger partial charge is 0.872 e. The zero-order valence-electron chi connectivity index (χ0n) is 64.3. The fourth-order valence-electron chi connectivity index (χ4n) is 13.0. The van der Waals surface area contributed by atoms with Crippen LogP contribution in [0, 0.1) is 0 Å². The van der Waals surface area contributed by atoms with Gasteiger partial charge in [0.15, 0.2) is 34.0 Å². The van der Waals surface area contributed by atoms with Crippen molar-refractivity contribution in [1.29, 1.82) is 0 Å². The number of carboxylic acid groups (broad SMARTS) is 1. The molecule has 0 spiro atoms. The first-order valence-electron chi connectivity index (χ1n) is 36.2. The number of carbonyl (C=O) groups excluding carboxylic acids is 10. The standard InChI is InChI=1S/C77H82N24O14S/c1-93(24-11-20-82-77(116)88-41-12-15-49(52(26-41)76(113)114)63-50-16-13-47(102)32-59(50)115-60-33-48(103)14-17-51(60)63)23-10-19-80-68(105)54-27-42(34-95(54)3)83-70(107)56-29-44(36-97(56)5)85-72(109)58-31-45(37-99(58)7)86-74(111)65-89-61(39-100(65)8)91-67(104)53(78)18-21-81-69(106)55-28-43(35-96(55)4)84-71(108)57-30-46(38-98(57)6)87-75(112)66-90-62(40-101(66)9)92-73(110)64-79-22-25-94(64)2/h12-17,22,25-40,53,102H,10-11,18-21,23-24,78H2,1-9H3,(H,80,105)(H,81,106)(H,83,107)(H,84,108)(H,85,109)(H,86,111)(H,87,112)(H,91,104)(H,92,110)(H,113,114)(H2,82,88,116)/t53-/m1/s1. The SMILES string of the molecule is Cn1cc(NC(=O)c2cc(NC(=O)c3cc(NC(=O)c4nc(NC(=O)[C@H]([NH3+])CCNC(=O)c5cc(NC(=O)c6cc(NC(=O)c7nc(NC(=O)c8nccn8C)cn7C)cn6C)cn5C)cn4C)cn3C)cn2C)cc1C(=O)NCCC[NH+](C)CCCNC(=S)Nc1ccc(-c2c3ccc(=O)cc-3oc3cc([O-])ccc23)c(C(=O)[O-])c1. The van der Waals surface area contributed by atoms with Crippen molar-refractivity contribution in [2.75, 3.05) is 82.3 Å². The zero-order valence-corrected chi connectivity index (χ0v) is 65.1. The average Bonchev–Trinajstić information content (AvgIpc) is 1.74. The van der Waals surface area contributed by atoms with Gasteiger partial charge < -0.3 is 125 Å². The smallest absolute Gasteiger partial charge is 0.292 e. The number of benzene rings is 3. The Labute approximate surface area is 665 Å². The molecule has 10 aromatic rings. The minimum absolute atomic E-state index is 0.0166. The number of aromatic carboxylic acids is 1. The number of nitrogens with one attached hydrogen (secondary N) is 12. The number of rotatable bonds is 30. The van der Waals surface area contributed by atoms with Crippen LogP contribution in [0.25, 0.3) is 33.4 Å². The van der Waals surface area contributed by atoms with E-state index >= 15 is 0 Å². The molecule has 8 aromatic heterocycles. The van der Waals surface area contributed by atoms with Crippen LogP contribution in [-0.2, 0) is 61.2 Å². The molecule has 0 saturated heterocycles. The third-order valence-electron chi connectivity index (χ3n) is 18.9. The molecular formula is C77H82N24O14S. The molecule has 116 heavy (non-hydrogen) atoms. The van der Waals surface area contributed by atoms with Gasteiger partial charge in [-0.2, -0.15) is 0 Å². The molecule has 0 fully saturated rings. The van der Waals surface area contributed by atoms with Crippen molar-refractivity contribution in [3.63, 3.8) is 0 Å². The van der Waals surface area contributed by atoms with Crippen molar-refractivity contribution in [2.45, 2.75) is 25.3 Å². The van der Waals surface area contributed by atoms with Crippen LogP contribution in [0.5, 0.6) is 5.75 Å². The lowest BCUT2D eigenvalue weighted by Crippen LogP contribution is -3.09. The van der Waals surface area contributed by atoms with E-state index in [0.717, 1.165) is 19.5 Å². The van der Waals surface area contributed by atoms with Crippen LogP contribution in [0.3, 0.4) is 0 Å². The fourth-order valence-corrected chi connectivity index (χ4v) is 13.2. The molecule has 38 nitrogen and oxygen atoms in total. The van der Waals surface area contributed by atoms with Crippen LogP contribution >= 0.6 is 12.2 Å². The second-order valence-electron chi connectivity index (χ2n) is 27.7. The van der Waals surface area contributed by atoms with Crippen LogP contribution in [0.4, 0.5) is 45.8 Å². The monoisotopic (exact) mass is 1600 g/mol. The van der Waals surface area contributed by atoms with Crippen molar-refractivity contribution in [3.8, 4) is 28.2 Å². The molecule has 39 heteroatoms. The number of nitrogens with zero attached hydrogens (tertiary/aromatic N) is 11. The van der Waals surface area contributed by atoms with E-state index in [-0.39, 0.29) is 115 Å². The molecule has 0 bridgehead atoms. The Kier molecular flexibility index (Phi) is 24.0. The van der Waals surface area contributed by atoms with E-state index < -0.39 is 59.3 Å². The highest BCUT2D eigenvalue weighted by Crippen LogP contribution is 2.42. The highest BCUT2D eigenvalue weighted by Gasteiger charge is 2.27. The Balaban J connectivity index is 0.536. The van der Waals surface area contributed by atoms with Gasteiger partial charge in [-0.05, 0) is 78.4 Å². The van der Waals surface area contributed by atoms with Gasteiger partial charge in [-0.1, -0.05) is 18.2 Å². The van der Waals surface area contributed by atoms with E-state index in [1.807, 2.05) is 7.05 Å². The van der Waals surface area contributed by atoms with E-state index in [4.69, 9.17) is 16.6 Å². The molecule has 1 unspecified atom stereocenters. The third-order valence-corrected chi connectivity index (χ3v) is 19.1. The van der Waals surface area contributed by atoms with Gasteiger partial charge in [0, 0.05) is 185 Å². The summed E-state index contributed by atoms with van der Waals surface area (Å²) in [5, 5.41) is 56.5. The molecule has 600 valence electrons. The number of hydrogen-bond donors (Lipinski definition) is 13. The molecule has 0 saturated carbocycles. The van der Waals surface area contributed by atoms with Gasteiger partial charge in [0.1, 0.15) is 39.8 Å². The van der Waals surface area contributed by atoms with Gasteiger partial charge in [-0.15, -0.1) is 5.75 Å². The van der Waals surface area contributed by atoms with E-state index in [1.54, 1.807) is 116 Å². The first kappa shape index (κ1) is 80.8. The lowest BCUT2D eigenvalue weighted by Gasteiger charge is -2.20. The second kappa shape index (κ2) is 34.5. The number of fused-ring (bicyclic) bond motifs is 2. The molecule has 9 amide bonds. The number of quaternary nitrogens is 2. The number of aryl methyl sites for hydroxylation is 8. The van der Waals surface area contributed by atoms with Crippen LogP contribution < -0.4 is 84.8 Å². The van der Waals surface area contributed by atoms with Gasteiger partial charge in [0.2, 0.25) is 11.6 Å². The van der Waals surface area contributed by atoms with Crippen molar-refractivity contribution >= 4 is 133 Å². The summed E-state index contributed by atoms with van der Waals surface area (Å²) < 4.78 is 17.9. The zero-order chi connectivity index (χ0) is 83.1. The van der Waals surface area contributed by atoms with Crippen molar-refractivity contribution in [2.24, 2.45) is 56.4 Å². The van der Waals surface area contributed by atoms with E-state index in [0.29, 0.717) is 70.0 Å². The number of thiocarbonyl (C=S) groups is 1. The minimum atomic E-state index is -1.45. The van der Waals surface area contributed by atoms with E-state index in [1.165, 1.54) is 122 Å². The number of amides is 9. The lowest BCUT2D eigenvalue weighted by molar-refractivity contribution is -0.879. The molecule has 0 radical (unpaired) electrons. The minimum Gasteiger partial charge on any atom is -0.872 e. The quantitative estimate of drug-likeness (QED) is 0.0173. The molecule has 15 N–H and O–H groups in total. The lowest BCUT2D eigenvalue weighted by atomic mass is 9.90. The van der Waals surface area contributed by atoms with Crippen molar-refractivity contribution in [1.82, 2.24) is 67.4 Å². The van der Waals surface area contributed by atoms with Crippen LogP contribution in [0.2, 0.25) is 0 Å².